The van der Waals surface area contributed by atoms with Gasteiger partial charge in [0.05, 0.1) is 0 Å². The van der Waals surface area contributed by atoms with Crippen LogP contribution in [-0.2, 0) is 19.3 Å². The molecule has 0 radical (unpaired) electrons. The Kier molecular flexibility index (Phi) is 2.56. The van der Waals surface area contributed by atoms with Crippen LogP contribution in [0.1, 0.15) is 56.4 Å². The van der Waals surface area contributed by atoms with Crippen LogP contribution in [0.2, 0.25) is 0 Å². The van der Waals surface area contributed by atoms with E-state index in [1.807, 2.05) is 6.20 Å². The van der Waals surface area contributed by atoms with Crippen molar-refractivity contribution in [3.05, 3.63) is 29.1 Å². The molecule has 5 rings (SSSR count). The first-order chi connectivity index (χ1) is 9.16. The maximum atomic E-state index is 4.66. The van der Waals surface area contributed by atoms with Crippen LogP contribution in [0.3, 0.4) is 0 Å². The Labute approximate surface area is 116 Å². The van der Waals surface area contributed by atoms with Crippen LogP contribution in [0, 0.1) is 23.2 Å². The molecule has 1 aromatic heterocycles. The number of fused-ring (bicyclic) bond motifs is 1. The van der Waals surface area contributed by atoms with Crippen LogP contribution < -0.4 is 0 Å². The van der Waals surface area contributed by atoms with E-state index >= 15 is 0 Å². The zero-order chi connectivity index (χ0) is 13.0. The molecule has 102 valence electrons. The molecule has 0 saturated heterocycles. The second kappa shape index (κ2) is 4.07. The summed E-state index contributed by atoms with van der Waals surface area (Å²) in [7, 11) is 0. The Morgan fingerprint density at radius 3 is 2.74 bits per heavy atom. The van der Waals surface area contributed by atoms with Crippen LogP contribution in [0.5, 0.6) is 0 Å². The lowest BCUT2D eigenvalue weighted by Gasteiger charge is -2.66. The summed E-state index contributed by atoms with van der Waals surface area (Å²) >= 11 is 0. The fourth-order valence-corrected chi connectivity index (χ4v) is 4.90. The Balaban J connectivity index is 1.61. The van der Waals surface area contributed by atoms with Crippen LogP contribution in [0.25, 0.3) is 0 Å². The predicted octanol–water partition coefficient (Wildman–Crippen LogP) is 4.19. The molecule has 19 heavy (non-hydrogen) atoms. The first-order valence-electron chi connectivity index (χ1n) is 8.12. The van der Waals surface area contributed by atoms with Gasteiger partial charge < -0.3 is 0 Å². The molecular formula is C18H25N. The lowest BCUT2D eigenvalue weighted by molar-refractivity contribution is -0.154. The third kappa shape index (κ3) is 1.77. The molecule has 0 aromatic carbocycles. The molecule has 0 N–H and O–H groups in total. The molecule has 1 atom stereocenters. The number of hydrogen-bond acceptors (Lipinski definition) is 1. The molecule has 0 aliphatic heterocycles. The van der Waals surface area contributed by atoms with E-state index in [4.69, 9.17) is 0 Å². The predicted molar refractivity (Wildman–Crippen MR) is 78.1 cm³/mol. The lowest BCUT2D eigenvalue weighted by atomic mass is 9.39. The first kappa shape index (κ1) is 11.9. The van der Waals surface area contributed by atoms with Crippen molar-refractivity contribution in [2.75, 3.05) is 0 Å². The summed E-state index contributed by atoms with van der Waals surface area (Å²) in [5, 5.41) is 0. The summed E-state index contributed by atoms with van der Waals surface area (Å²) in [5.41, 5.74) is 5.43. The molecule has 3 fully saturated rings. The Morgan fingerprint density at radius 1 is 1.32 bits per heavy atom. The SMILES string of the molecule is CC(C)Cc1ccnc2c1CC(C13CC(C1)C3)CC2. The molecule has 1 heterocycles. The van der Waals surface area contributed by atoms with Gasteiger partial charge in [0, 0.05) is 11.9 Å². The van der Waals surface area contributed by atoms with Crippen molar-refractivity contribution in [3.63, 3.8) is 0 Å². The van der Waals surface area contributed by atoms with Gasteiger partial charge in [0.2, 0.25) is 0 Å². The molecule has 4 aliphatic carbocycles. The highest BCUT2D eigenvalue weighted by Crippen LogP contribution is 2.69. The van der Waals surface area contributed by atoms with E-state index in [0.29, 0.717) is 0 Å². The number of aryl methyl sites for hydroxylation is 1. The summed E-state index contributed by atoms with van der Waals surface area (Å²) in [4.78, 5) is 4.66. The molecule has 3 saturated carbocycles. The van der Waals surface area contributed by atoms with E-state index in [2.05, 4.69) is 24.9 Å². The maximum Gasteiger partial charge on any atom is 0.0438 e. The van der Waals surface area contributed by atoms with Crippen molar-refractivity contribution in [1.82, 2.24) is 4.98 Å². The Morgan fingerprint density at radius 2 is 2.11 bits per heavy atom. The van der Waals surface area contributed by atoms with Crippen LogP contribution in [0.4, 0.5) is 0 Å². The highest BCUT2D eigenvalue weighted by atomic mass is 14.7. The summed E-state index contributed by atoms with van der Waals surface area (Å²) in [5.74, 6) is 2.84. The van der Waals surface area contributed by atoms with Gasteiger partial charge in [0.15, 0.2) is 0 Å². The molecule has 1 aromatic rings. The molecule has 1 nitrogen and oxygen atoms in total. The van der Waals surface area contributed by atoms with Gasteiger partial charge in [-0.05, 0) is 85.3 Å². The zero-order valence-corrected chi connectivity index (χ0v) is 12.3. The second-order valence-corrected chi connectivity index (χ2v) is 7.77. The lowest BCUT2D eigenvalue weighted by Crippen LogP contribution is -2.57. The van der Waals surface area contributed by atoms with Gasteiger partial charge in [-0.15, -0.1) is 0 Å². The van der Waals surface area contributed by atoms with Crippen molar-refractivity contribution < 1.29 is 0 Å². The first-order valence-corrected chi connectivity index (χ1v) is 8.12. The highest BCUT2D eigenvalue weighted by Gasteiger charge is 2.60. The molecule has 1 unspecified atom stereocenters. The maximum absolute atomic E-state index is 4.66. The Bertz CT molecular complexity index is 485. The van der Waals surface area contributed by atoms with E-state index in [1.165, 1.54) is 31.4 Å². The highest BCUT2D eigenvalue weighted by molar-refractivity contribution is 5.34. The molecule has 2 bridgehead atoms. The molecule has 4 aliphatic rings. The topological polar surface area (TPSA) is 12.9 Å². The number of rotatable bonds is 3. The van der Waals surface area contributed by atoms with Gasteiger partial charge in [-0.2, -0.15) is 0 Å². The average molecular weight is 255 g/mol. The van der Waals surface area contributed by atoms with E-state index < -0.39 is 0 Å². The van der Waals surface area contributed by atoms with Crippen LogP contribution in [0.15, 0.2) is 12.3 Å². The number of hydrogen-bond donors (Lipinski definition) is 0. The number of aromatic nitrogens is 1. The van der Waals surface area contributed by atoms with Gasteiger partial charge in [-0.25, -0.2) is 0 Å². The minimum atomic E-state index is 0.752. The van der Waals surface area contributed by atoms with Crippen molar-refractivity contribution in [2.24, 2.45) is 23.2 Å². The zero-order valence-electron chi connectivity index (χ0n) is 12.3. The third-order valence-electron chi connectivity index (χ3n) is 6.00. The van der Waals surface area contributed by atoms with Gasteiger partial charge in [0.25, 0.3) is 0 Å². The summed E-state index contributed by atoms with van der Waals surface area (Å²) in [6.07, 6.45) is 11.9. The van der Waals surface area contributed by atoms with Crippen LogP contribution in [-0.4, -0.2) is 4.98 Å². The summed E-state index contributed by atoms with van der Waals surface area (Å²) in [6.45, 7) is 4.66. The Hall–Kier alpha value is -0.850. The van der Waals surface area contributed by atoms with E-state index in [0.717, 1.165) is 23.2 Å². The minimum absolute atomic E-state index is 0.752. The monoisotopic (exact) mass is 255 g/mol. The minimum Gasteiger partial charge on any atom is -0.261 e. The summed E-state index contributed by atoms with van der Waals surface area (Å²) in [6, 6.07) is 2.28. The van der Waals surface area contributed by atoms with Gasteiger partial charge in [-0.1, -0.05) is 13.8 Å². The van der Waals surface area contributed by atoms with Crippen LogP contribution >= 0.6 is 0 Å². The standard InChI is InChI=1S/C18H25N/c1-12(2)7-14-5-6-19-17-4-3-15(8-16(14)17)18-9-13(10-18)11-18/h5-6,12-13,15H,3-4,7-11H2,1-2H3. The molecular weight excluding hydrogens is 230 g/mol. The fourth-order valence-electron chi connectivity index (χ4n) is 4.90. The van der Waals surface area contributed by atoms with Gasteiger partial charge in [0.1, 0.15) is 0 Å². The smallest absolute Gasteiger partial charge is 0.0438 e. The quantitative estimate of drug-likeness (QED) is 0.789. The molecule has 0 spiro atoms. The van der Waals surface area contributed by atoms with Crippen molar-refractivity contribution in [1.29, 1.82) is 0 Å². The van der Waals surface area contributed by atoms with Crippen molar-refractivity contribution in [2.45, 2.75) is 58.8 Å². The van der Waals surface area contributed by atoms with Gasteiger partial charge in [-0.3, -0.25) is 4.98 Å². The van der Waals surface area contributed by atoms with Crippen molar-refractivity contribution in [3.8, 4) is 0 Å². The summed E-state index contributed by atoms with van der Waals surface area (Å²) < 4.78 is 0. The largest absolute Gasteiger partial charge is 0.261 e. The third-order valence-corrected chi connectivity index (χ3v) is 6.00. The van der Waals surface area contributed by atoms with E-state index in [1.54, 1.807) is 30.4 Å². The average Bonchev–Trinajstić information content (AvgIpc) is 2.25. The normalized spacial score (nSPS) is 35.5. The second-order valence-electron chi connectivity index (χ2n) is 7.77. The van der Waals surface area contributed by atoms with Crippen molar-refractivity contribution >= 4 is 0 Å². The number of nitrogens with zero attached hydrogens (tertiary/aromatic N) is 1. The van der Waals surface area contributed by atoms with E-state index in [-0.39, 0.29) is 0 Å². The fraction of sp³-hybridized carbons (Fsp3) is 0.722. The molecule has 0 amide bonds. The van der Waals surface area contributed by atoms with E-state index in [9.17, 15) is 0 Å². The molecule has 1 heteroatoms. The van der Waals surface area contributed by atoms with Gasteiger partial charge >= 0.3 is 0 Å². The number of pyridine rings is 1.